The van der Waals surface area contributed by atoms with Gasteiger partial charge in [-0.25, -0.2) is 0 Å². The Morgan fingerprint density at radius 3 is 2.76 bits per heavy atom. The Bertz CT molecular complexity index is 408. The number of aliphatic hydroxyl groups excluding tert-OH is 1. The number of hydrogen-bond donors (Lipinski definition) is 3. The first kappa shape index (κ1) is 13.8. The first-order chi connectivity index (χ1) is 8.08. The molecule has 0 aliphatic carbocycles. The molecule has 0 spiro atoms. The van der Waals surface area contributed by atoms with Crippen LogP contribution in [0, 0.1) is 0 Å². The Labute approximate surface area is 104 Å². The summed E-state index contributed by atoms with van der Waals surface area (Å²) in [5.74, 6) is -0.263. The van der Waals surface area contributed by atoms with Crippen LogP contribution in [0.15, 0.2) is 23.1 Å². The second-order valence-corrected chi connectivity index (χ2v) is 4.74. The van der Waals surface area contributed by atoms with Crippen molar-refractivity contribution in [2.24, 2.45) is 0 Å². The second-order valence-electron chi connectivity index (χ2n) is 3.66. The third-order valence-electron chi connectivity index (χ3n) is 2.45. The molecule has 94 valence electrons. The smallest absolute Gasteiger partial charge is 0.253 e. The van der Waals surface area contributed by atoms with E-state index in [0.29, 0.717) is 5.56 Å². The lowest BCUT2D eigenvalue weighted by Crippen LogP contribution is -2.41. The number of rotatable bonds is 5. The minimum Gasteiger partial charge on any atom is -0.395 e. The van der Waals surface area contributed by atoms with Gasteiger partial charge in [-0.05, 0) is 19.2 Å². The zero-order chi connectivity index (χ0) is 12.8. The number of carbonyl (C=O) groups excluding carboxylic acids is 1. The van der Waals surface area contributed by atoms with Crippen LogP contribution < -0.4 is 10.9 Å². The fourth-order valence-electron chi connectivity index (χ4n) is 1.37. The van der Waals surface area contributed by atoms with Crippen molar-refractivity contribution in [1.29, 1.82) is 0 Å². The predicted octanol–water partition coefficient (Wildman–Crippen LogP) is 0.217. The second kappa shape index (κ2) is 6.46. The molecule has 1 rings (SSSR count). The van der Waals surface area contributed by atoms with Gasteiger partial charge in [0.15, 0.2) is 0 Å². The van der Waals surface area contributed by atoms with Gasteiger partial charge >= 0.3 is 0 Å². The van der Waals surface area contributed by atoms with Crippen LogP contribution >= 0.6 is 11.8 Å². The summed E-state index contributed by atoms with van der Waals surface area (Å²) < 4.78 is 0. The summed E-state index contributed by atoms with van der Waals surface area (Å²) in [6.45, 7) is 1.84. The third kappa shape index (κ3) is 3.90. The van der Waals surface area contributed by atoms with E-state index in [1.807, 2.05) is 13.2 Å². The van der Waals surface area contributed by atoms with E-state index in [0.717, 1.165) is 0 Å². The minimum absolute atomic E-state index is 0.00817. The maximum absolute atomic E-state index is 11.8. The molecule has 6 heteroatoms. The number of hydrogen-bond acceptors (Lipinski definition) is 4. The highest BCUT2D eigenvalue weighted by molar-refractivity contribution is 7.99. The molecule has 0 radical (unpaired) electrons. The van der Waals surface area contributed by atoms with Crippen LogP contribution in [-0.4, -0.2) is 40.2 Å². The Kier molecular flexibility index (Phi) is 5.24. The van der Waals surface area contributed by atoms with E-state index >= 15 is 0 Å². The molecule has 0 bridgehead atoms. The fourth-order valence-corrected chi connectivity index (χ4v) is 2.00. The van der Waals surface area contributed by atoms with Crippen LogP contribution in [0.4, 0.5) is 0 Å². The van der Waals surface area contributed by atoms with Crippen molar-refractivity contribution < 1.29 is 9.90 Å². The fraction of sp³-hybridized carbons (Fsp3) is 0.455. The van der Waals surface area contributed by atoms with E-state index in [4.69, 9.17) is 5.11 Å². The van der Waals surface area contributed by atoms with E-state index in [1.54, 1.807) is 0 Å². The zero-order valence-corrected chi connectivity index (χ0v) is 10.6. The van der Waals surface area contributed by atoms with E-state index in [1.165, 1.54) is 30.1 Å². The van der Waals surface area contributed by atoms with Crippen LogP contribution in [0.5, 0.6) is 0 Å². The Hall–Kier alpha value is -1.27. The molecular weight excluding hydrogens is 240 g/mol. The average molecular weight is 256 g/mol. The Morgan fingerprint density at radius 1 is 1.59 bits per heavy atom. The maximum atomic E-state index is 11.8. The topological polar surface area (TPSA) is 82.2 Å². The molecule has 0 aromatic carbocycles. The number of aromatic nitrogens is 1. The molecule has 1 aromatic heterocycles. The normalized spacial score (nSPS) is 14.1. The summed E-state index contributed by atoms with van der Waals surface area (Å²) in [5, 5.41) is 11.8. The number of H-pyrrole nitrogens is 1. The molecule has 5 nitrogen and oxygen atoms in total. The van der Waals surface area contributed by atoms with Gasteiger partial charge in [-0.2, -0.15) is 11.8 Å². The monoisotopic (exact) mass is 256 g/mol. The van der Waals surface area contributed by atoms with Gasteiger partial charge in [-0.1, -0.05) is 0 Å². The van der Waals surface area contributed by atoms with Gasteiger partial charge in [0.05, 0.1) is 12.2 Å². The van der Waals surface area contributed by atoms with Crippen LogP contribution in [0.3, 0.4) is 0 Å². The van der Waals surface area contributed by atoms with Gasteiger partial charge in [0, 0.05) is 23.6 Å². The third-order valence-corrected chi connectivity index (χ3v) is 3.61. The van der Waals surface area contributed by atoms with Gasteiger partial charge < -0.3 is 15.4 Å². The molecule has 1 heterocycles. The van der Waals surface area contributed by atoms with Crippen LogP contribution in [-0.2, 0) is 0 Å². The highest BCUT2D eigenvalue weighted by Gasteiger charge is 2.17. The molecule has 0 aliphatic rings. The molecule has 0 fully saturated rings. The van der Waals surface area contributed by atoms with E-state index < -0.39 is 0 Å². The highest BCUT2D eigenvalue weighted by Crippen LogP contribution is 2.10. The number of nitrogens with one attached hydrogen (secondary N) is 2. The molecule has 2 unspecified atom stereocenters. The molecule has 3 N–H and O–H groups in total. The average Bonchev–Trinajstić information content (AvgIpc) is 2.31. The van der Waals surface area contributed by atoms with Crippen molar-refractivity contribution >= 4 is 17.7 Å². The largest absolute Gasteiger partial charge is 0.395 e. The van der Waals surface area contributed by atoms with Gasteiger partial charge in [0.2, 0.25) is 5.56 Å². The summed E-state index contributed by atoms with van der Waals surface area (Å²) in [6, 6.07) is 2.63. The summed E-state index contributed by atoms with van der Waals surface area (Å²) >= 11 is 1.50. The lowest BCUT2D eigenvalue weighted by molar-refractivity contribution is 0.0935. The quantitative estimate of drug-likeness (QED) is 0.703. The summed E-state index contributed by atoms with van der Waals surface area (Å²) in [6.07, 6.45) is 3.25. The van der Waals surface area contributed by atoms with E-state index in [-0.39, 0.29) is 29.4 Å². The summed E-state index contributed by atoms with van der Waals surface area (Å²) in [7, 11) is 0. The molecule has 0 aliphatic heterocycles. The standard InChI is InChI=1S/C11H16N2O3S/c1-7(9(6-14)17-2)13-11(16)8-3-4-10(15)12-5-8/h3-5,7,9,14H,6H2,1-2H3,(H,12,15)(H,13,16). The SMILES string of the molecule is CSC(CO)C(C)NC(=O)c1ccc(=O)[nH]c1. The number of carbonyl (C=O) groups is 1. The predicted molar refractivity (Wildman–Crippen MR) is 68.4 cm³/mol. The molecule has 1 aromatic rings. The van der Waals surface area contributed by atoms with Gasteiger partial charge in [-0.3, -0.25) is 9.59 Å². The summed E-state index contributed by atoms with van der Waals surface area (Å²) in [4.78, 5) is 25.1. The lowest BCUT2D eigenvalue weighted by Gasteiger charge is -2.21. The number of aliphatic hydroxyl groups is 1. The zero-order valence-electron chi connectivity index (χ0n) is 9.77. The van der Waals surface area contributed by atoms with Crippen LogP contribution in [0.2, 0.25) is 0 Å². The first-order valence-corrected chi connectivity index (χ1v) is 6.50. The molecule has 0 saturated carbocycles. The Balaban J connectivity index is 2.66. The van der Waals surface area contributed by atoms with Crippen LogP contribution in [0.1, 0.15) is 17.3 Å². The highest BCUT2D eigenvalue weighted by atomic mass is 32.2. The van der Waals surface area contributed by atoms with Crippen molar-refractivity contribution in [3.8, 4) is 0 Å². The molecular formula is C11H16N2O3S. The molecule has 1 amide bonds. The van der Waals surface area contributed by atoms with Gasteiger partial charge in [-0.15, -0.1) is 0 Å². The molecule has 17 heavy (non-hydrogen) atoms. The van der Waals surface area contributed by atoms with Crippen molar-refractivity contribution in [3.05, 3.63) is 34.2 Å². The number of aromatic amines is 1. The molecule has 2 atom stereocenters. The number of pyridine rings is 1. The summed E-state index contributed by atoms with van der Waals surface area (Å²) in [5.41, 5.74) is 0.154. The maximum Gasteiger partial charge on any atom is 0.253 e. The van der Waals surface area contributed by atoms with E-state index in [2.05, 4.69) is 10.3 Å². The van der Waals surface area contributed by atoms with Crippen molar-refractivity contribution in [3.63, 3.8) is 0 Å². The minimum atomic E-state index is -0.263. The van der Waals surface area contributed by atoms with Gasteiger partial charge in [0.1, 0.15) is 0 Å². The number of thioether (sulfide) groups is 1. The van der Waals surface area contributed by atoms with Crippen molar-refractivity contribution in [2.45, 2.75) is 18.2 Å². The molecule has 0 saturated heterocycles. The van der Waals surface area contributed by atoms with Crippen LogP contribution in [0.25, 0.3) is 0 Å². The first-order valence-electron chi connectivity index (χ1n) is 5.21. The van der Waals surface area contributed by atoms with Gasteiger partial charge in [0.25, 0.3) is 5.91 Å². The Morgan fingerprint density at radius 2 is 2.29 bits per heavy atom. The van der Waals surface area contributed by atoms with Crippen molar-refractivity contribution in [2.75, 3.05) is 12.9 Å². The number of amides is 1. The van der Waals surface area contributed by atoms with Crippen molar-refractivity contribution in [1.82, 2.24) is 10.3 Å². The lowest BCUT2D eigenvalue weighted by atomic mass is 10.2. The van der Waals surface area contributed by atoms with E-state index in [9.17, 15) is 9.59 Å².